The first kappa shape index (κ1) is 18.4. The minimum Gasteiger partial charge on any atom is -0.351 e. The molecule has 2 rings (SSSR count). The molecule has 2 amide bonds. The highest BCUT2D eigenvalue weighted by molar-refractivity contribution is 5.92. The lowest BCUT2D eigenvalue weighted by atomic mass is 10.1. The second kappa shape index (κ2) is 8.77. The molecular weight excluding hydrogens is 318 g/mol. The maximum atomic E-state index is 12.0. The van der Waals surface area contributed by atoms with Crippen molar-refractivity contribution in [3.63, 3.8) is 0 Å². The van der Waals surface area contributed by atoms with Gasteiger partial charge in [0.2, 0.25) is 5.91 Å². The summed E-state index contributed by atoms with van der Waals surface area (Å²) in [5.41, 5.74) is 1.72. The summed E-state index contributed by atoms with van der Waals surface area (Å²) < 4.78 is 0. The number of amides is 2. The number of benzene rings is 1. The third-order valence-corrected chi connectivity index (χ3v) is 3.35. The third kappa shape index (κ3) is 6.21. The van der Waals surface area contributed by atoms with Gasteiger partial charge in [-0.3, -0.25) is 9.59 Å². The van der Waals surface area contributed by atoms with Crippen molar-refractivity contribution in [3.05, 3.63) is 42.4 Å². The molecule has 1 heterocycles. The van der Waals surface area contributed by atoms with E-state index >= 15 is 0 Å². The quantitative estimate of drug-likeness (QED) is 0.719. The van der Waals surface area contributed by atoms with Gasteiger partial charge in [0, 0.05) is 24.8 Å². The number of nitrogens with zero attached hydrogens (tertiary/aromatic N) is 2. The summed E-state index contributed by atoms with van der Waals surface area (Å²) in [6.07, 6.45) is 3.86. The van der Waals surface area contributed by atoms with Crippen molar-refractivity contribution >= 4 is 29.0 Å². The summed E-state index contributed by atoms with van der Waals surface area (Å²) in [7, 11) is 0. The van der Waals surface area contributed by atoms with E-state index in [2.05, 4.69) is 39.8 Å². The average molecular weight is 341 g/mol. The molecule has 0 aliphatic rings. The van der Waals surface area contributed by atoms with E-state index in [4.69, 9.17) is 0 Å². The highest BCUT2D eigenvalue weighted by atomic mass is 16.2. The molecule has 0 radical (unpaired) electrons. The highest BCUT2D eigenvalue weighted by Crippen LogP contribution is 2.18. The Bertz CT molecular complexity index is 729. The van der Waals surface area contributed by atoms with Crippen LogP contribution in [0.1, 0.15) is 37.7 Å². The zero-order chi connectivity index (χ0) is 18.2. The van der Waals surface area contributed by atoms with Gasteiger partial charge >= 0.3 is 0 Å². The fourth-order valence-corrected chi connectivity index (χ4v) is 2.10. The number of aromatic nitrogens is 2. The summed E-state index contributed by atoms with van der Waals surface area (Å²) in [6, 6.07) is 7.25. The van der Waals surface area contributed by atoms with Crippen LogP contribution in [0.3, 0.4) is 0 Å². The van der Waals surface area contributed by atoms with Gasteiger partial charge < -0.3 is 16.0 Å². The van der Waals surface area contributed by atoms with Gasteiger partial charge in [-0.25, -0.2) is 9.97 Å². The number of hydrogen-bond donors (Lipinski definition) is 3. The molecule has 7 nitrogen and oxygen atoms in total. The van der Waals surface area contributed by atoms with E-state index in [-0.39, 0.29) is 17.5 Å². The molecule has 132 valence electrons. The number of carbonyl (C=O) groups excluding carboxylic acids is 2. The second-order valence-electron chi connectivity index (χ2n) is 6.11. The van der Waals surface area contributed by atoms with Crippen LogP contribution in [0.25, 0.3) is 0 Å². The van der Waals surface area contributed by atoms with E-state index in [1.807, 2.05) is 12.1 Å². The molecule has 0 atom stereocenters. The third-order valence-electron chi connectivity index (χ3n) is 3.35. The van der Waals surface area contributed by atoms with Crippen LogP contribution in [0.15, 0.2) is 36.7 Å². The molecule has 0 spiro atoms. The lowest BCUT2D eigenvalue weighted by Gasteiger charge is -2.09. The first-order valence-corrected chi connectivity index (χ1v) is 8.19. The van der Waals surface area contributed by atoms with Crippen LogP contribution >= 0.6 is 0 Å². The predicted octanol–water partition coefficient (Wildman–Crippen LogP) is 2.95. The molecular formula is C18H23N5O2. The van der Waals surface area contributed by atoms with Crippen LogP contribution in [0.2, 0.25) is 0 Å². The largest absolute Gasteiger partial charge is 0.351 e. The highest BCUT2D eigenvalue weighted by Gasteiger charge is 2.08. The summed E-state index contributed by atoms with van der Waals surface area (Å²) >= 11 is 0. The number of hydrogen-bond acceptors (Lipinski definition) is 5. The number of anilines is 3. The minimum absolute atomic E-state index is 0.134. The molecule has 2 aromatic rings. The van der Waals surface area contributed by atoms with Crippen LogP contribution in [0.4, 0.5) is 17.2 Å². The van der Waals surface area contributed by atoms with Gasteiger partial charge in [0.15, 0.2) is 0 Å². The van der Waals surface area contributed by atoms with Crippen molar-refractivity contribution in [2.75, 3.05) is 17.2 Å². The lowest BCUT2D eigenvalue weighted by Crippen LogP contribution is -2.26. The molecule has 0 aliphatic heterocycles. The van der Waals surface area contributed by atoms with Crippen molar-refractivity contribution in [1.82, 2.24) is 15.3 Å². The number of carbonyl (C=O) groups is 2. The Hall–Kier alpha value is -2.96. The fraction of sp³-hybridized carbons (Fsp3) is 0.333. The number of rotatable bonds is 7. The van der Waals surface area contributed by atoms with Gasteiger partial charge in [-0.1, -0.05) is 19.9 Å². The number of nitrogens with one attached hydrogen (secondary N) is 3. The first-order valence-electron chi connectivity index (χ1n) is 8.19. The smallest absolute Gasteiger partial charge is 0.271 e. The molecule has 1 aromatic carbocycles. The summed E-state index contributed by atoms with van der Waals surface area (Å²) in [6.45, 7) is 6.28. The molecule has 0 saturated carbocycles. The Morgan fingerprint density at radius 3 is 2.52 bits per heavy atom. The predicted molar refractivity (Wildman–Crippen MR) is 97.8 cm³/mol. The minimum atomic E-state index is -0.229. The topological polar surface area (TPSA) is 96.0 Å². The summed E-state index contributed by atoms with van der Waals surface area (Å²) in [4.78, 5) is 31.4. The van der Waals surface area contributed by atoms with Gasteiger partial charge in [-0.15, -0.1) is 0 Å². The molecule has 0 fully saturated rings. The zero-order valence-corrected chi connectivity index (χ0v) is 14.7. The van der Waals surface area contributed by atoms with Crippen LogP contribution in [0, 0.1) is 5.92 Å². The molecule has 0 aliphatic carbocycles. The van der Waals surface area contributed by atoms with Crippen molar-refractivity contribution in [2.45, 2.75) is 27.2 Å². The second-order valence-corrected chi connectivity index (χ2v) is 6.11. The summed E-state index contributed by atoms with van der Waals surface area (Å²) in [5, 5.41) is 8.62. The van der Waals surface area contributed by atoms with E-state index < -0.39 is 0 Å². The standard InChI is InChI=1S/C18H23N5O2/c1-12(2)7-8-19-18(25)16-10-21-17(11-20-16)23-15-6-4-5-14(9-15)22-13(3)24/h4-6,9-12H,7-8H2,1-3H3,(H,19,25)(H,21,23)(H,22,24). The van der Waals surface area contributed by atoms with Crippen molar-refractivity contribution < 1.29 is 9.59 Å². The molecule has 0 saturated heterocycles. The van der Waals surface area contributed by atoms with Gasteiger partial charge in [0.05, 0.1) is 12.4 Å². The first-order chi connectivity index (χ1) is 11.9. The SMILES string of the molecule is CC(=O)Nc1cccc(Nc2cnc(C(=O)NCCC(C)C)cn2)c1. The van der Waals surface area contributed by atoms with Crippen LogP contribution < -0.4 is 16.0 Å². The van der Waals surface area contributed by atoms with Gasteiger partial charge in [0.1, 0.15) is 11.5 Å². The average Bonchev–Trinajstić information content (AvgIpc) is 2.55. The Morgan fingerprint density at radius 2 is 1.88 bits per heavy atom. The Morgan fingerprint density at radius 1 is 1.12 bits per heavy atom. The van der Waals surface area contributed by atoms with Gasteiger partial charge in [-0.2, -0.15) is 0 Å². The molecule has 0 unspecified atom stereocenters. The Balaban J connectivity index is 1.96. The van der Waals surface area contributed by atoms with Crippen LogP contribution in [-0.4, -0.2) is 28.3 Å². The maximum absolute atomic E-state index is 12.0. The van der Waals surface area contributed by atoms with Gasteiger partial charge in [0.25, 0.3) is 5.91 Å². The molecule has 25 heavy (non-hydrogen) atoms. The van der Waals surface area contributed by atoms with Crippen molar-refractivity contribution in [2.24, 2.45) is 5.92 Å². The Labute approximate surface area is 147 Å². The molecule has 3 N–H and O–H groups in total. The van der Waals surface area contributed by atoms with Crippen LogP contribution in [-0.2, 0) is 4.79 Å². The van der Waals surface area contributed by atoms with E-state index in [0.717, 1.165) is 12.1 Å². The monoisotopic (exact) mass is 341 g/mol. The van der Waals surface area contributed by atoms with Crippen molar-refractivity contribution in [1.29, 1.82) is 0 Å². The van der Waals surface area contributed by atoms with Crippen molar-refractivity contribution in [3.8, 4) is 0 Å². The zero-order valence-electron chi connectivity index (χ0n) is 14.7. The molecule has 0 bridgehead atoms. The Kier molecular flexibility index (Phi) is 6.45. The van der Waals surface area contributed by atoms with E-state index in [1.165, 1.54) is 19.3 Å². The normalized spacial score (nSPS) is 10.4. The molecule has 1 aromatic heterocycles. The van der Waals surface area contributed by atoms with E-state index in [1.54, 1.807) is 12.1 Å². The summed E-state index contributed by atoms with van der Waals surface area (Å²) in [5.74, 6) is 0.682. The van der Waals surface area contributed by atoms with E-state index in [9.17, 15) is 9.59 Å². The maximum Gasteiger partial charge on any atom is 0.271 e. The van der Waals surface area contributed by atoms with Gasteiger partial charge in [-0.05, 0) is 30.5 Å². The molecule has 7 heteroatoms. The fourth-order valence-electron chi connectivity index (χ4n) is 2.10. The van der Waals surface area contributed by atoms with E-state index in [0.29, 0.717) is 24.0 Å². The lowest BCUT2D eigenvalue weighted by molar-refractivity contribution is -0.114. The van der Waals surface area contributed by atoms with Crippen LogP contribution in [0.5, 0.6) is 0 Å².